The highest BCUT2D eigenvalue weighted by Crippen LogP contribution is 2.38. The number of ether oxygens (including phenoxy) is 2. The van der Waals surface area contributed by atoms with Gasteiger partial charge in [-0.2, -0.15) is 0 Å². The molecule has 0 aromatic heterocycles. The van der Waals surface area contributed by atoms with E-state index in [1.165, 1.54) is 12.8 Å². The molecule has 2 aliphatic rings. The Morgan fingerprint density at radius 2 is 1.89 bits per heavy atom. The number of rotatable bonds is 5. The van der Waals surface area contributed by atoms with Crippen LogP contribution in [-0.2, 0) is 4.79 Å². The van der Waals surface area contributed by atoms with Crippen molar-refractivity contribution in [1.82, 2.24) is 0 Å². The molecule has 0 radical (unpaired) electrons. The second-order valence-corrected chi connectivity index (χ2v) is 7.36. The smallest absolute Gasteiger partial charge is 0.227 e. The van der Waals surface area contributed by atoms with E-state index in [1.807, 2.05) is 24.3 Å². The highest BCUT2D eigenvalue weighted by Gasteiger charge is 2.32. The Kier molecular flexibility index (Phi) is 4.92. The number of aromatic hydroxyl groups is 1. The van der Waals surface area contributed by atoms with E-state index in [0.29, 0.717) is 13.0 Å². The van der Waals surface area contributed by atoms with Crippen LogP contribution in [0.4, 0.5) is 5.69 Å². The molecule has 1 aliphatic heterocycles. The van der Waals surface area contributed by atoms with Crippen LogP contribution in [0.1, 0.15) is 43.6 Å². The van der Waals surface area contributed by atoms with E-state index >= 15 is 0 Å². The number of benzene rings is 2. The van der Waals surface area contributed by atoms with Crippen LogP contribution in [0.2, 0.25) is 0 Å². The molecule has 27 heavy (non-hydrogen) atoms. The van der Waals surface area contributed by atoms with Gasteiger partial charge in [0.2, 0.25) is 5.91 Å². The first-order chi connectivity index (χ1) is 13.1. The third-order valence-electron chi connectivity index (χ3n) is 5.52. The average molecular weight is 367 g/mol. The van der Waals surface area contributed by atoms with Crippen molar-refractivity contribution in [2.24, 2.45) is 0 Å². The van der Waals surface area contributed by atoms with Crippen LogP contribution in [0.5, 0.6) is 17.2 Å². The van der Waals surface area contributed by atoms with E-state index in [0.717, 1.165) is 35.6 Å². The van der Waals surface area contributed by atoms with Gasteiger partial charge < -0.3 is 19.5 Å². The second-order valence-electron chi connectivity index (χ2n) is 7.36. The summed E-state index contributed by atoms with van der Waals surface area (Å²) >= 11 is 0. The molecule has 142 valence electrons. The lowest BCUT2D eigenvalue weighted by Gasteiger charge is -2.19. The van der Waals surface area contributed by atoms with Crippen molar-refractivity contribution < 1.29 is 19.4 Å². The van der Waals surface area contributed by atoms with Crippen molar-refractivity contribution in [3.63, 3.8) is 0 Å². The first-order valence-electron chi connectivity index (χ1n) is 9.58. The normalized spacial score (nSPS) is 20.3. The molecule has 2 aromatic carbocycles. The summed E-state index contributed by atoms with van der Waals surface area (Å²) in [6, 6.07) is 12.8. The van der Waals surface area contributed by atoms with Gasteiger partial charge in [-0.15, -0.1) is 0 Å². The molecule has 1 saturated heterocycles. The van der Waals surface area contributed by atoms with E-state index in [-0.39, 0.29) is 23.7 Å². The van der Waals surface area contributed by atoms with Crippen LogP contribution >= 0.6 is 0 Å². The van der Waals surface area contributed by atoms with Crippen molar-refractivity contribution in [3.8, 4) is 17.2 Å². The summed E-state index contributed by atoms with van der Waals surface area (Å²) in [7, 11) is 1.65. The SMILES string of the molecule is COc1ccc([C@H]2CC(=O)N(c3cccc(O)c3)C2)cc1OC1CCCC1. The number of hydrogen-bond donors (Lipinski definition) is 1. The number of methoxy groups -OCH3 is 1. The Morgan fingerprint density at radius 1 is 1.07 bits per heavy atom. The van der Waals surface area contributed by atoms with E-state index in [1.54, 1.807) is 30.2 Å². The molecule has 1 N–H and O–H groups in total. The maximum atomic E-state index is 12.5. The van der Waals surface area contributed by atoms with E-state index in [2.05, 4.69) is 0 Å². The Hall–Kier alpha value is -2.69. The second kappa shape index (κ2) is 7.51. The highest BCUT2D eigenvalue weighted by molar-refractivity contribution is 5.96. The first-order valence-corrected chi connectivity index (χ1v) is 9.58. The summed E-state index contributed by atoms with van der Waals surface area (Å²) in [4.78, 5) is 14.3. The first kappa shape index (κ1) is 17.7. The number of nitrogens with zero attached hydrogens (tertiary/aromatic N) is 1. The number of anilines is 1. The van der Waals surface area contributed by atoms with Crippen LogP contribution in [-0.4, -0.2) is 30.8 Å². The molecule has 5 heteroatoms. The lowest BCUT2D eigenvalue weighted by molar-refractivity contribution is -0.117. The van der Waals surface area contributed by atoms with Crippen LogP contribution in [0.25, 0.3) is 0 Å². The number of hydrogen-bond acceptors (Lipinski definition) is 4. The molecule has 1 amide bonds. The van der Waals surface area contributed by atoms with Gasteiger partial charge in [0.15, 0.2) is 11.5 Å². The molecule has 4 rings (SSSR count). The van der Waals surface area contributed by atoms with Gasteiger partial charge in [0.05, 0.1) is 13.2 Å². The summed E-state index contributed by atoms with van der Waals surface area (Å²) in [5, 5.41) is 9.70. The molecule has 0 unspecified atom stereocenters. The fourth-order valence-electron chi connectivity index (χ4n) is 4.07. The minimum Gasteiger partial charge on any atom is -0.508 e. The zero-order chi connectivity index (χ0) is 18.8. The van der Waals surface area contributed by atoms with Gasteiger partial charge >= 0.3 is 0 Å². The molecule has 5 nitrogen and oxygen atoms in total. The number of amides is 1. The minimum atomic E-state index is 0.0691. The predicted molar refractivity (Wildman–Crippen MR) is 104 cm³/mol. The van der Waals surface area contributed by atoms with Crippen molar-refractivity contribution >= 4 is 11.6 Å². The summed E-state index contributed by atoms with van der Waals surface area (Å²) in [6.07, 6.45) is 5.29. The molecule has 0 spiro atoms. The van der Waals surface area contributed by atoms with Crippen LogP contribution < -0.4 is 14.4 Å². The average Bonchev–Trinajstić information content (AvgIpc) is 3.31. The van der Waals surface area contributed by atoms with Crippen molar-refractivity contribution in [1.29, 1.82) is 0 Å². The maximum Gasteiger partial charge on any atom is 0.227 e. The highest BCUT2D eigenvalue weighted by atomic mass is 16.5. The van der Waals surface area contributed by atoms with E-state index in [9.17, 15) is 9.90 Å². The third kappa shape index (κ3) is 3.72. The maximum absolute atomic E-state index is 12.5. The fraction of sp³-hybridized carbons (Fsp3) is 0.409. The van der Waals surface area contributed by atoms with Gasteiger partial charge in [0.1, 0.15) is 5.75 Å². The van der Waals surface area contributed by atoms with E-state index < -0.39 is 0 Å². The largest absolute Gasteiger partial charge is 0.508 e. The van der Waals surface area contributed by atoms with Gasteiger partial charge in [-0.05, 0) is 55.5 Å². The predicted octanol–water partition coefficient (Wildman–Crippen LogP) is 4.24. The molecule has 1 saturated carbocycles. The topological polar surface area (TPSA) is 59.0 Å². The molecule has 1 aliphatic carbocycles. The summed E-state index contributed by atoms with van der Waals surface area (Å²) in [5.74, 6) is 1.83. The summed E-state index contributed by atoms with van der Waals surface area (Å²) in [5.41, 5.74) is 1.82. The van der Waals surface area contributed by atoms with Crippen molar-refractivity contribution in [2.75, 3.05) is 18.6 Å². The zero-order valence-corrected chi connectivity index (χ0v) is 15.6. The molecular weight excluding hydrogens is 342 g/mol. The van der Waals surface area contributed by atoms with Crippen molar-refractivity contribution in [2.45, 2.75) is 44.1 Å². The van der Waals surface area contributed by atoms with Crippen LogP contribution in [0.15, 0.2) is 42.5 Å². The minimum absolute atomic E-state index is 0.0691. The third-order valence-corrected chi connectivity index (χ3v) is 5.52. The Bertz CT molecular complexity index is 829. The van der Waals surface area contributed by atoms with Gasteiger partial charge in [-0.1, -0.05) is 12.1 Å². The Labute approximate surface area is 159 Å². The van der Waals surface area contributed by atoms with E-state index in [4.69, 9.17) is 9.47 Å². The number of carbonyl (C=O) groups is 1. The monoisotopic (exact) mass is 367 g/mol. The van der Waals surface area contributed by atoms with Gasteiger partial charge in [0, 0.05) is 30.6 Å². The molecule has 1 heterocycles. The standard InChI is InChI=1S/C22H25NO4/c1-26-20-10-9-15(11-21(20)27-19-7-2-3-8-19)16-12-22(25)23(14-16)17-5-4-6-18(24)13-17/h4-6,9-11,13,16,19,24H,2-3,7-8,12,14H2,1H3/t16-/m0/s1. The van der Waals surface area contributed by atoms with Crippen molar-refractivity contribution in [3.05, 3.63) is 48.0 Å². The quantitative estimate of drug-likeness (QED) is 0.859. The Balaban J connectivity index is 1.55. The summed E-state index contributed by atoms with van der Waals surface area (Å²) < 4.78 is 11.7. The number of phenols is 1. The lowest BCUT2D eigenvalue weighted by atomic mass is 9.98. The van der Waals surface area contributed by atoms with Crippen LogP contribution in [0, 0.1) is 0 Å². The number of carbonyl (C=O) groups excluding carboxylic acids is 1. The van der Waals surface area contributed by atoms with Gasteiger partial charge in [0.25, 0.3) is 0 Å². The molecule has 2 aromatic rings. The summed E-state index contributed by atoms with van der Waals surface area (Å²) in [6.45, 7) is 0.595. The fourth-order valence-corrected chi connectivity index (χ4v) is 4.07. The molecule has 1 atom stereocenters. The zero-order valence-electron chi connectivity index (χ0n) is 15.6. The Morgan fingerprint density at radius 3 is 2.63 bits per heavy atom. The molecule has 2 fully saturated rings. The van der Waals surface area contributed by atoms with Gasteiger partial charge in [-0.3, -0.25) is 4.79 Å². The molecule has 0 bridgehead atoms. The molecular formula is C22H25NO4. The number of phenolic OH excluding ortho intramolecular Hbond substituents is 1. The van der Waals surface area contributed by atoms with Crippen LogP contribution in [0.3, 0.4) is 0 Å². The van der Waals surface area contributed by atoms with Gasteiger partial charge in [-0.25, -0.2) is 0 Å². The lowest BCUT2D eigenvalue weighted by Crippen LogP contribution is -2.24.